The van der Waals surface area contributed by atoms with Gasteiger partial charge in [0.2, 0.25) is 0 Å². The van der Waals surface area contributed by atoms with Crippen molar-refractivity contribution < 1.29 is 0 Å². The number of hydrogen-bond acceptors (Lipinski definition) is 3. The lowest BCUT2D eigenvalue weighted by atomic mass is 9.73. The van der Waals surface area contributed by atoms with Crippen molar-refractivity contribution in [2.75, 3.05) is 20.1 Å². The second-order valence-electron chi connectivity index (χ2n) is 5.85. The number of likely N-dealkylation sites (tertiary alicyclic amines) is 1. The van der Waals surface area contributed by atoms with Crippen molar-refractivity contribution in [3.05, 3.63) is 34.9 Å². The number of piperidine rings is 1. The average molecular weight is 241 g/mol. The van der Waals surface area contributed by atoms with Gasteiger partial charge in [-0.3, -0.25) is 0 Å². The standard InChI is InChI=1S/C15H19N3/c1-18-6-4-15(5-7-18)9-12-8-11(10-16)2-3-13(12)14(15)17/h2-3,8,14H,4-7,9,17H2,1H3/t14-/m1/s1. The zero-order valence-corrected chi connectivity index (χ0v) is 10.8. The Morgan fingerprint density at radius 1 is 1.39 bits per heavy atom. The van der Waals surface area contributed by atoms with Crippen molar-refractivity contribution in [2.45, 2.75) is 25.3 Å². The molecule has 1 aromatic carbocycles. The van der Waals surface area contributed by atoms with Gasteiger partial charge in [0.05, 0.1) is 11.6 Å². The highest BCUT2D eigenvalue weighted by Crippen LogP contribution is 2.50. The average Bonchev–Trinajstić information content (AvgIpc) is 2.66. The molecule has 2 aliphatic rings. The molecule has 0 aromatic heterocycles. The van der Waals surface area contributed by atoms with Gasteiger partial charge in [0.15, 0.2) is 0 Å². The highest BCUT2D eigenvalue weighted by molar-refractivity contribution is 5.44. The molecule has 18 heavy (non-hydrogen) atoms. The van der Waals surface area contributed by atoms with E-state index in [1.54, 1.807) is 0 Å². The maximum Gasteiger partial charge on any atom is 0.0991 e. The van der Waals surface area contributed by atoms with Crippen LogP contribution >= 0.6 is 0 Å². The van der Waals surface area contributed by atoms with Crippen LogP contribution in [0.15, 0.2) is 18.2 Å². The van der Waals surface area contributed by atoms with Crippen LogP contribution in [0, 0.1) is 16.7 Å². The van der Waals surface area contributed by atoms with E-state index in [4.69, 9.17) is 11.0 Å². The predicted octanol–water partition coefficient (Wildman–Crippen LogP) is 1.83. The Bertz CT molecular complexity index is 507. The molecule has 1 aliphatic carbocycles. The minimum atomic E-state index is 0.147. The molecule has 1 saturated heterocycles. The minimum absolute atomic E-state index is 0.147. The van der Waals surface area contributed by atoms with Crippen molar-refractivity contribution in [1.29, 1.82) is 5.26 Å². The SMILES string of the molecule is CN1CCC2(CC1)Cc1cc(C#N)ccc1[C@H]2N. The summed E-state index contributed by atoms with van der Waals surface area (Å²) in [6, 6.07) is 8.35. The van der Waals surface area contributed by atoms with Crippen LogP contribution in [0.1, 0.15) is 35.6 Å². The van der Waals surface area contributed by atoms with E-state index >= 15 is 0 Å². The number of nitriles is 1. The van der Waals surface area contributed by atoms with Crippen LogP contribution in [0.5, 0.6) is 0 Å². The van der Waals surface area contributed by atoms with E-state index in [9.17, 15) is 0 Å². The van der Waals surface area contributed by atoms with Crippen molar-refractivity contribution in [1.82, 2.24) is 4.90 Å². The lowest BCUT2D eigenvalue weighted by Crippen LogP contribution is -2.42. The fraction of sp³-hybridized carbons (Fsp3) is 0.533. The monoisotopic (exact) mass is 241 g/mol. The maximum absolute atomic E-state index is 8.98. The van der Waals surface area contributed by atoms with Crippen LogP contribution in [0.25, 0.3) is 0 Å². The number of rotatable bonds is 0. The van der Waals surface area contributed by atoms with E-state index in [1.165, 1.54) is 24.0 Å². The highest BCUT2D eigenvalue weighted by Gasteiger charge is 2.45. The normalized spacial score (nSPS) is 25.9. The molecule has 2 N–H and O–H groups in total. The first-order valence-corrected chi connectivity index (χ1v) is 6.62. The zero-order valence-electron chi connectivity index (χ0n) is 10.8. The largest absolute Gasteiger partial charge is 0.323 e. The van der Waals surface area contributed by atoms with Crippen LogP contribution < -0.4 is 5.73 Å². The minimum Gasteiger partial charge on any atom is -0.323 e. The molecule has 0 bridgehead atoms. The fourth-order valence-corrected chi connectivity index (χ4v) is 3.50. The lowest BCUT2D eigenvalue weighted by Gasteiger charge is -2.41. The summed E-state index contributed by atoms with van der Waals surface area (Å²) in [6.07, 6.45) is 3.38. The first-order valence-electron chi connectivity index (χ1n) is 6.62. The molecule has 1 heterocycles. The smallest absolute Gasteiger partial charge is 0.0991 e. The molecule has 1 fully saturated rings. The van der Waals surface area contributed by atoms with E-state index in [-0.39, 0.29) is 11.5 Å². The van der Waals surface area contributed by atoms with Crippen LogP contribution in [-0.2, 0) is 6.42 Å². The third-order valence-electron chi connectivity index (χ3n) is 4.79. The Balaban J connectivity index is 1.93. The summed E-state index contributed by atoms with van der Waals surface area (Å²) < 4.78 is 0. The molecular weight excluding hydrogens is 222 g/mol. The number of nitrogens with two attached hydrogens (primary N) is 1. The number of fused-ring (bicyclic) bond motifs is 1. The molecular formula is C15H19N3. The molecule has 1 spiro atoms. The van der Waals surface area contributed by atoms with Gasteiger partial charge in [0, 0.05) is 6.04 Å². The number of hydrogen-bond donors (Lipinski definition) is 1. The van der Waals surface area contributed by atoms with Crippen LogP contribution in [0.4, 0.5) is 0 Å². The molecule has 0 amide bonds. The van der Waals surface area contributed by atoms with Gasteiger partial charge in [-0.25, -0.2) is 0 Å². The van der Waals surface area contributed by atoms with Crippen molar-refractivity contribution in [2.24, 2.45) is 11.1 Å². The Labute approximate surface area is 108 Å². The summed E-state index contributed by atoms with van der Waals surface area (Å²) in [5, 5.41) is 8.98. The van der Waals surface area contributed by atoms with Gasteiger partial charge in [-0.2, -0.15) is 5.26 Å². The molecule has 0 saturated carbocycles. The van der Waals surface area contributed by atoms with Gasteiger partial charge in [0.1, 0.15) is 0 Å². The summed E-state index contributed by atoms with van der Waals surface area (Å²) in [6.45, 7) is 2.26. The van der Waals surface area contributed by atoms with E-state index in [2.05, 4.69) is 24.1 Å². The first-order chi connectivity index (χ1) is 8.64. The first kappa shape index (κ1) is 11.7. The molecule has 0 radical (unpaired) electrons. The number of nitrogens with zero attached hydrogens (tertiary/aromatic N) is 2. The molecule has 3 heteroatoms. The molecule has 1 atom stereocenters. The third-order valence-corrected chi connectivity index (χ3v) is 4.79. The number of benzene rings is 1. The second-order valence-corrected chi connectivity index (χ2v) is 5.85. The van der Waals surface area contributed by atoms with Gasteiger partial charge in [-0.05, 0) is 68.1 Å². The molecule has 94 valence electrons. The van der Waals surface area contributed by atoms with Crippen LogP contribution in [0.2, 0.25) is 0 Å². The Kier molecular flexibility index (Phi) is 2.65. The molecule has 0 unspecified atom stereocenters. The summed E-state index contributed by atoms with van der Waals surface area (Å²) in [5.41, 5.74) is 10.0. The molecule has 3 nitrogen and oxygen atoms in total. The van der Waals surface area contributed by atoms with Crippen LogP contribution in [0.3, 0.4) is 0 Å². The van der Waals surface area contributed by atoms with E-state index in [0.29, 0.717) is 0 Å². The van der Waals surface area contributed by atoms with Gasteiger partial charge in [-0.1, -0.05) is 6.07 Å². The summed E-state index contributed by atoms with van der Waals surface area (Å²) in [7, 11) is 2.17. The van der Waals surface area contributed by atoms with E-state index in [1.807, 2.05) is 12.1 Å². The second kappa shape index (κ2) is 4.08. The van der Waals surface area contributed by atoms with Gasteiger partial charge in [-0.15, -0.1) is 0 Å². The molecule has 3 rings (SSSR count). The fourth-order valence-electron chi connectivity index (χ4n) is 3.50. The Hall–Kier alpha value is -1.37. The van der Waals surface area contributed by atoms with Gasteiger partial charge >= 0.3 is 0 Å². The molecule has 1 aliphatic heterocycles. The van der Waals surface area contributed by atoms with Crippen molar-refractivity contribution >= 4 is 0 Å². The summed E-state index contributed by atoms with van der Waals surface area (Å²) in [4.78, 5) is 2.38. The Morgan fingerprint density at radius 2 is 2.11 bits per heavy atom. The predicted molar refractivity (Wildman–Crippen MR) is 71.0 cm³/mol. The van der Waals surface area contributed by atoms with Crippen LogP contribution in [-0.4, -0.2) is 25.0 Å². The zero-order chi connectivity index (χ0) is 12.8. The Morgan fingerprint density at radius 3 is 2.78 bits per heavy atom. The van der Waals surface area contributed by atoms with Gasteiger partial charge < -0.3 is 10.6 Å². The highest BCUT2D eigenvalue weighted by atomic mass is 15.1. The van der Waals surface area contributed by atoms with E-state index in [0.717, 1.165) is 25.1 Å². The topological polar surface area (TPSA) is 53.0 Å². The maximum atomic E-state index is 8.98. The molecule has 1 aromatic rings. The van der Waals surface area contributed by atoms with Gasteiger partial charge in [0.25, 0.3) is 0 Å². The third kappa shape index (κ3) is 1.65. The summed E-state index contributed by atoms with van der Waals surface area (Å²) >= 11 is 0. The van der Waals surface area contributed by atoms with Crippen molar-refractivity contribution in [3.8, 4) is 6.07 Å². The van der Waals surface area contributed by atoms with Crippen molar-refractivity contribution in [3.63, 3.8) is 0 Å². The summed E-state index contributed by atoms with van der Waals surface area (Å²) in [5.74, 6) is 0. The quantitative estimate of drug-likeness (QED) is 0.754. The van der Waals surface area contributed by atoms with E-state index < -0.39 is 0 Å². The lowest BCUT2D eigenvalue weighted by molar-refractivity contribution is 0.106.